The van der Waals surface area contributed by atoms with Crippen molar-refractivity contribution >= 4 is 5.71 Å². The minimum Gasteiger partial charge on any atom is -0.490 e. The van der Waals surface area contributed by atoms with Gasteiger partial charge in [-0.15, -0.1) is 0 Å². The summed E-state index contributed by atoms with van der Waals surface area (Å²) in [4.78, 5) is 5.03. The number of benzene rings is 2. The van der Waals surface area contributed by atoms with Crippen LogP contribution >= 0.6 is 0 Å². The molecule has 146 valence electrons. The molecule has 4 heteroatoms. The first kappa shape index (κ1) is 22.5. The number of nitrogens with zero attached hydrogens (tertiary/aromatic N) is 1. The fourth-order valence-electron chi connectivity index (χ4n) is 2.72. The Morgan fingerprint density at radius 2 is 1.56 bits per heavy atom. The molecule has 0 aliphatic heterocycles. The van der Waals surface area contributed by atoms with Crippen molar-refractivity contribution in [1.82, 2.24) is 5.32 Å². The van der Waals surface area contributed by atoms with Crippen molar-refractivity contribution < 1.29 is 9.57 Å². The van der Waals surface area contributed by atoms with E-state index in [2.05, 4.69) is 28.7 Å². The number of nitrogens with one attached hydrogen (secondary N) is 1. The normalized spacial score (nSPS) is 12.4. The molecule has 1 aliphatic carbocycles. The van der Waals surface area contributed by atoms with Gasteiger partial charge in [0, 0.05) is 17.7 Å². The molecular weight excluding hydrogens is 336 g/mol. The van der Waals surface area contributed by atoms with Crippen LogP contribution in [-0.4, -0.2) is 33.0 Å². The molecule has 1 N–H and O–H groups in total. The third kappa shape index (κ3) is 5.69. The SMILES string of the molecule is CC.CC.CNC/C=C/COc1ccc2c(c1)/C(=N\OC)c1ccccc1-2. The number of likely N-dealkylation sites (N-methyl/N-ethyl adjacent to an activating group) is 1. The van der Waals surface area contributed by atoms with Crippen LogP contribution in [0.25, 0.3) is 11.1 Å². The van der Waals surface area contributed by atoms with Crippen LogP contribution < -0.4 is 10.1 Å². The van der Waals surface area contributed by atoms with E-state index in [1.54, 1.807) is 7.11 Å². The Bertz CT molecular complexity index is 752. The van der Waals surface area contributed by atoms with Gasteiger partial charge in [0.1, 0.15) is 25.2 Å². The van der Waals surface area contributed by atoms with Crippen LogP contribution in [0.2, 0.25) is 0 Å². The van der Waals surface area contributed by atoms with Crippen molar-refractivity contribution in [3.8, 4) is 16.9 Å². The molecule has 0 radical (unpaired) electrons. The monoisotopic (exact) mass is 368 g/mol. The average Bonchev–Trinajstić information content (AvgIpc) is 3.05. The van der Waals surface area contributed by atoms with Crippen molar-refractivity contribution in [3.05, 3.63) is 65.7 Å². The Hall–Kier alpha value is -2.59. The van der Waals surface area contributed by atoms with Gasteiger partial charge in [0.2, 0.25) is 0 Å². The lowest BCUT2D eigenvalue weighted by molar-refractivity contribution is 0.214. The highest BCUT2D eigenvalue weighted by Crippen LogP contribution is 2.38. The molecule has 0 atom stereocenters. The van der Waals surface area contributed by atoms with Gasteiger partial charge in [0.15, 0.2) is 0 Å². The van der Waals surface area contributed by atoms with E-state index in [1.807, 2.05) is 71.2 Å². The third-order valence-electron chi connectivity index (χ3n) is 3.74. The fourth-order valence-corrected chi connectivity index (χ4v) is 2.72. The van der Waals surface area contributed by atoms with E-state index in [0.29, 0.717) is 6.61 Å². The second kappa shape index (κ2) is 12.7. The van der Waals surface area contributed by atoms with Crippen LogP contribution in [0.4, 0.5) is 0 Å². The van der Waals surface area contributed by atoms with Crippen molar-refractivity contribution in [1.29, 1.82) is 0 Å². The Kier molecular flexibility index (Phi) is 10.6. The fraction of sp³-hybridized carbons (Fsp3) is 0.348. The number of rotatable bonds is 6. The number of hydrogen-bond acceptors (Lipinski definition) is 4. The summed E-state index contributed by atoms with van der Waals surface area (Å²) >= 11 is 0. The summed E-state index contributed by atoms with van der Waals surface area (Å²) < 4.78 is 5.79. The van der Waals surface area contributed by atoms with Gasteiger partial charge in [0.05, 0.1) is 0 Å². The van der Waals surface area contributed by atoms with Gasteiger partial charge in [-0.1, -0.05) is 69.3 Å². The number of oxime groups is 1. The summed E-state index contributed by atoms with van der Waals surface area (Å²) in [6.45, 7) is 9.39. The molecule has 1 aliphatic rings. The quantitative estimate of drug-likeness (QED) is 0.476. The van der Waals surface area contributed by atoms with E-state index in [4.69, 9.17) is 9.57 Å². The molecule has 0 unspecified atom stereocenters. The Labute approximate surface area is 163 Å². The topological polar surface area (TPSA) is 42.8 Å². The van der Waals surface area contributed by atoms with Gasteiger partial charge >= 0.3 is 0 Å². The standard InChI is InChI=1S/C19H20N2O2.2C2H6/c1-20-11-5-6-12-23-14-9-10-16-15-7-3-4-8-17(15)19(21-22-2)18(16)13-14;2*1-2/h3-10,13,20H,11-12H2,1-2H3;2*1-2H3/b6-5+,21-19-;;. The minimum absolute atomic E-state index is 0.546. The molecule has 0 aromatic heterocycles. The Morgan fingerprint density at radius 1 is 0.889 bits per heavy atom. The average molecular weight is 369 g/mol. The largest absolute Gasteiger partial charge is 0.490 e. The lowest BCUT2D eigenvalue weighted by Crippen LogP contribution is -2.05. The van der Waals surface area contributed by atoms with Crippen LogP contribution in [0.1, 0.15) is 38.8 Å². The van der Waals surface area contributed by atoms with E-state index < -0.39 is 0 Å². The van der Waals surface area contributed by atoms with E-state index in [1.165, 1.54) is 5.56 Å². The van der Waals surface area contributed by atoms with Crippen molar-refractivity contribution in [2.75, 3.05) is 27.3 Å². The first-order chi connectivity index (χ1) is 13.3. The van der Waals surface area contributed by atoms with Crippen molar-refractivity contribution in [3.63, 3.8) is 0 Å². The molecule has 2 aromatic rings. The van der Waals surface area contributed by atoms with Gasteiger partial charge in [0.25, 0.3) is 0 Å². The summed E-state index contributed by atoms with van der Waals surface area (Å²) in [6, 6.07) is 14.3. The summed E-state index contributed by atoms with van der Waals surface area (Å²) in [5, 5.41) is 7.27. The van der Waals surface area contributed by atoms with Crippen LogP contribution in [0.5, 0.6) is 5.75 Å². The van der Waals surface area contributed by atoms with Crippen LogP contribution in [0.15, 0.2) is 59.8 Å². The molecule has 0 fully saturated rings. The lowest BCUT2D eigenvalue weighted by Gasteiger charge is -2.06. The summed E-state index contributed by atoms with van der Waals surface area (Å²) in [5.74, 6) is 0.828. The molecular formula is C23H32N2O2. The maximum absolute atomic E-state index is 5.79. The predicted octanol–water partition coefficient (Wildman–Crippen LogP) is 5.27. The van der Waals surface area contributed by atoms with Crippen LogP contribution in [0, 0.1) is 0 Å². The van der Waals surface area contributed by atoms with Crippen LogP contribution in [-0.2, 0) is 4.84 Å². The molecule has 0 spiro atoms. The van der Waals surface area contributed by atoms with E-state index >= 15 is 0 Å². The summed E-state index contributed by atoms with van der Waals surface area (Å²) in [7, 11) is 3.49. The van der Waals surface area contributed by atoms with Gasteiger partial charge < -0.3 is 14.9 Å². The number of ether oxygens (including phenoxy) is 1. The smallest absolute Gasteiger partial charge is 0.120 e. The predicted molar refractivity (Wildman–Crippen MR) is 116 cm³/mol. The van der Waals surface area contributed by atoms with Crippen molar-refractivity contribution in [2.45, 2.75) is 27.7 Å². The zero-order valence-corrected chi connectivity index (χ0v) is 17.4. The molecule has 0 saturated carbocycles. The van der Waals surface area contributed by atoms with Crippen molar-refractivity contribution in [2.24, 2.45) is 5.16 Å². The molecule has 2 aromatic carbocycles. The molecule has 3 rings (SSSR count). The maximum Gasteiger partial charge on any atom is 0.120 e. The molecule has 0 bridgehead atoms. The number of fused-ring (bicyclic) bond motifs is 3. The summed E-state index contributed by atoms with van der Waals surface area (Å²) in [6.07, 6.45) is 4.05. The summed E-state index contributed by atoms with van der Waals surface area (Å²) in [5.41, 5.74) is 5.34. The molecule has 0 saturated heterocycles. The van der Waals surface area contributed by atoms with Gasteiger partial charge in [-0.2, -0.15) is 0 Å². The molecule has 0 amide bonds. The molecule has 27 heavy (non-hydrogen) atoms. The van der Waals surface area contributed by atoms with Gasteiger partial charge in [-0.25, -0.2) is 0 Å². The highest BCUT2D eigenvalue weighted by molar-refractivity contribution is 6.24. The Balaban J connectivity index is 0.000000855. The zero-order chi connectivity index (χ0) is 20.1. The highest BCUT2D eigenvalue weighted by Gasteiger charge is 2.25. The van der Waals surface area contributed by atoms with Gasteiger partial charge in [-0.3, -0.25) is 0 Å². The lowest BCUT2D eigenvalue weighted by atomic mass is 10.1. The first-order valence-corrected chi connectivity index (χ1v) is 9.63. The minimum atomic E-state index is 0.546. The van der Waals surface area contributed by atoms with E-state index in [9.17, 15) is 0 Å². The highest BCUT2D eigenvalue weighted by atomic mass is 16.6. The second-order valence-corrected chi connectivity index (χ2v) is 5.22. The maximum atomic E-state index is 5.79. The van der Waals surface area contributed by atoms with Crippen LogP contribution in [0.3, 0.4) is 0 Å². The van der Waals surface area contributed by atoms with Gasteiger partial charge in [-0.05, 0) is 36.4 Å². The zero-order valence-electron chi connectivity index (χ0n) is 17.4. The molecule has 0 heterocycles. The number of hydrogen-bond donors (Lipinski definition) is 1. The first-order valence-electron chi connectivity index (χ1n) is 9.63. The second-order valence-electron chi connectivity index (χ2n) is 5.22. The third-order valence-corrected chi connectivity index (χ3v) is 3.74. The van der Waals surface area contributed by atoms with E-state index in [0.717, 1.165) is 34.7 Å². The van der Waals surface area contributed by atoms with E-state index in [-0.39, 0.29) is 0 Å². The Morgan fingerprint density at radius 3 is 2.22 bits per heavy atom. The molecule has 4 nitrogen and oxygen atoms in total.